The quantitative estimate of drug-likeness (QED) is 0.470. The molecule has 0 spiro atoms. The molecule has 2 aromatic rings. The van der Waals surface area contributed by atoms with Gasteiger partial charge in [0.15, 0.2) is 5.82 Å². The number of hydrogen-bond acceptors (Lipinski definition) is 7. The maximum absolute atomic E-state index is 11.7. The lowest BCUT2D eigenvalue weighted by atomic mass is 10.2. The number of rotatable bonds is 7. The maximum atomic E-state index is 11.7. The van der Waals surface area contributed by atoms with Gasteiger partial charge in [0.25, 0.3) is 0 Å². The number of aromatic nitrogens is 3. The van der Waals surface area contributed by atoms with E-state index in [1.165, 1.54) is 16.4 Å². The first-order valence-electron chi connectivity index (χ1n) is 7.22. The fourth-order valence-corrected chi connectivity index (χ4v) is 2.42. The van der Waals surface area contributed by atoms with Crippen LogP contribution in [-0.2, 0) is 9.53 Å². The smallest absolute Gasteiger partial charge is 0.316 e. The van der Waals surface area contributed by atoms with Crippen LogP contribution in [0, 0.1) is 0 Å². The molecule has 1 aromatic carbocycles. The van der Waals surface area contributed by atoms with Crippen LogP contribution in [0.5, 0.6) is 5.75 Å². The molecule has 0 amide bonds. The first kappa shape index (κ1) is 17.1. The number of thioether (sulfide) groups is 1. The molecule has 0 aliphatic carbocycles. The highest BCUT2D eigenvalue weighted by molar-refractivity contribution is 7.99. The summed E-state index contributed by atoms with van der Waals surface area (Å²) < 4.78 is 11.7. The van der Waals surface area contributed by atoms with E-state index in [0.29, 0.717) is 11.0 Å². The van der Waals surface area contributed by atoms with Gasteiger partial charge in [0, 0.05) is 5.56 Å². The molecule has 1 heterocycles. The fraction of sp³-hybridized carbons (Fsp3) is 0.400. The standard InChI is InChI=1S/C15H20N4O3S/c1-4-10(2)22-13(20)9-23-15-18-17-14(19(15)16)11-5-7-12(21-3)8-6-11/h5-8,10H,4,9,16H2,1-3H3. The number of ether oxygens (including phenoxy) is 2. The Balaban J connectivity index is 2.02. The Morgan fingerprint density at radius 3 is 2.65 bits per heavy atom. The highest BCUT2D eigenvalue weighted by atomic mass is 32.2. The van der Waals surface area contributed by atoms with Gasteiger partial charge < -0.3 is 15.3 Å². The molecule has 0 aliphatic rings. The van der Waals surface area contributed by atoms with Crippen LogP contribution in [-0.4, -0.2) is 39.8 Å². The van der Waals surface area contributed by atoms with E-state index in [2.05, 4.69) is 10.2 Å². The number of esters is 1. The van der Waals surface area contributed by atoms with Crippen LogP contribution in [0.3, 0.4) is 0 Å². The maximum Gasteiger partial charge on any atom is 0.316 e. The predicted molar refractivity (Wildman–Crippen MR) is 88.7 cm³/mol. The largest absolute Gasteiger partial charge is 0.497 e. The molecule has 1 atom stereocenters. The summed E-state index contributed by atoms with van der Waals surface area (Å²) in [7, 11) is 1.60. The second kappa shape index (κ2) is 7.87. The van der Waals surface area contributed by atoms with Crippen molar-refractivity contribution in [3.63, 3.8) is 0 Å². The number of methoxy groups -OCH3 is 1. The molecule has 2 rings (SSSR count). The molecule has 2 N–H and O–H groups in total. The lowest BCUT2D eigenvalue weighted by molar-refractivity contribution is -0.144. The van der Waals surface area contributed by atoms with Gasteiger partial charge in [-0.05, 0) is 37.6 Å². The van der Waals surface area contributed by atoms with Crippen molar-refractivity contribution in [2.75, 3.05) is 18.7 Å². The number of nitrogens with two attached hydrogens (primary N) is 1. The van der Waals surface area contributed by atoms with Crippen molar-refractivity contribution in [3.05, 3.63) is 24.3 Å². The number of carbonyl (C=O) groups is 1. The van der Waals surface area contributed by atoms with Gasteiger partial charge in [-0.1, -0.05) is 18.7 Å². The Labute approximate surface area is 139 Å². The lowest BCUT2D eigenvalue weighted by Gasteiger charge is -2.10. The summed E-state index contributed by atoms with van der Waals surface area (Å²) in [4.78, 5) is 11.7. The third-order valence-corrected chi connectivity index (χ3v) is 4.16. The van der Waals surface area contributed by atoms with Gasteiger partial charge in [-0.2, -0.15) is 0 Å². The number of benzene rings is 1. The summed E-state index contributed by atoms with van der Waals surface area (Å²) in [5, 5.41) is 8.54. The Morgan fingerprint density at radius 2 is 2.04 bits per heavy atom. The molecule has 0 saturated carbocycles. The molecule has 0 saturated heterocycles. The molecule has 1 aromatic heterocycles. The first-order chi connectivity index (χ1) is 11.0. The van der Waals surface area contributed by atoms with Crippen molar-refractivity contribution in [2.45, 2.75) is 31.5 Å². The summed E-state index contributed by atoms with van der Waals surface area (Å²) in [5.41, 5.74) is 0.815. The summed E-state index contributed by atoms with van der Waals surface area (Å²) in [5.74, 6) is 7.12. The third kappa shape index (κ3) is 4.38. The first-order valence-corrected chi connectivity index (χ1v) is 8.20. The molecular formula is C15H20N4O3S. The number of nitrogens with zero attached hydrogens (tertiary/aromatic N) is 3. The van der Waals surface area contributed by atoms with Gasteiger partial charge in [0.2, 0.25) is 5.16 Å². The molecule has 23 heavy (non-hydrogen) atoms. The molecule has 8 heteroatoms. The highest BCUT2D eigenvalue weighted by Gasteiger charge is 2.15. The molecule has 0 bridgehead atoms. The van der Waals surface area contributed by atoms with Gasteiger partial charge in [-0.25, -0.2) is 4.68 Å². The van der Waals surface area contributed by atoms with Crippen molar-refractivity contribution in [1.29, 1.82) is 0 Å². The average Bonchev–Trinajstić information content (AvgIpc) is 2.93. The van der Waals surface area contributed by atoms with E-state index in [1.807, 2.05) is 38.1 Å². The zero-order chi connectivity index (χ0) is 16.8. The van der Waals surface area contributed by atoms with Gasteiger partial charge >= 0.3 is 5.97 Å². The summed E-state index contributed by atoms with van der Waals surface area (Å²) in [6.07, 6.45) is 0.694. The van der Waals surface area contributed by atoms with E-state index in [4.69, 9.17) is 15.3 Å². The van der Waals surface area contributed by atoms with Gasteiger partial charge in [-0.3, -0.25) is 4.79 Å². The van der Waals surface area contributed by atoms with Crippen LogP contribution in [0.2, 0.25) is 0 Å². The number of nitrogen functional groups attached to an aromatic ring is 1. The minimum atomic E-state index is -0.293. The zero-order valence-corrected chi connectivity index (χ0v) is 14.2. The van der Waals surface area contributed by atoms with Crippen molar-refractivity contribution in [1.82, 2.24) is 14.9 Å². The Bertz CT molecular complexity index is 657. The van der Waals surface area contributed by atoms with E-state index in [0.717, 1.165) is 17.7 Å². The molecule has 0 fully saturated rings. The molecule has 1 unspecified atom stereocenters. The van der Waals surface area contributed by atoms with E-state index < -0.39 is 0 Å². The van der Waals surface area contributed by atoms with Gasteiger partial charge in [0.1, 0.15) is 5.75 Å². The van der Waals surface area contributed by atoms with E-state index in [-0.39, 0.29) is 17.8 Å². The fourth-order valence-electron chi connectivity index (χ4n) is 1.78. The van der Waals surface area contributed by atoms with Crippen LogP contribution >= 0.6 is 11.8 Å². The summed E-state index contributed by atoms with van der Waals surface area (Å²) in [6.45, 7) is 3.82. The predicted octanol–water partition coefficient (Wildman–Crippen LogP) is 2.10. The minimum Gasteiger partial charge on any atom is -0.497 e. The van der Waals surface area contributed by atoms with Crippen molar-refractivity contribution in [3.8, 4) is 17.1 Å². The van der Waals surface area contributed by atoms with Crippen molar-refractivity contribution >= 4 is 17.7 Å². The monoisotopic (exact) mass is 336 g/mol. The average molecular weight is 336 g/mol. The van der Waals surface area contributed by atoms with Crippen molar-refractivity contribution < 1.29 is 14.3 Å². The van der Waals surface area contributed by atoms with Gasteiger partial charge in [0.05, 0.1) is 19.0 Å². The molecule has 7 nitrogen and oxygen atoms in total. The van der Waals surface area contributed by atoms with Crippen LogP contribution in [0.1, 0.15) is 20.3 Å². The second-order valence-electron chi connectivity index (χ2n) is 4.90. The van der Waals surface area contributed by atoms with Crippen LogP contribution < -0.4 is 10.6 Å². The summed E-state index contributed by atoms with van der Waals surface area (Å²) in [6, 6.07) is 7.33. The van der Waals surface area contributed by atoms with E-state index in [9.17, 15) is 4.79 Å². The SMILES string of the molecule is CCC(C)OC(=O)CSc1nnc(-c2ccc(OC)cc2)n1N. The molecule has 0 aliphatic heterocycles. The highest BCUT2D eigenvalue weighted by Crippen LogP contribution is 2.23. The topological polar surface area (TPSA) is 92.3 Å². The number of hydrogen-bond donors (Lipinski definition) is 1. The number of carbonyl (C=O) groups excluding carboxylic acids is 1. The van der Waals surface area contributed by atoms with E-state index in [1.54, 1.807) is 7.11 Å². The zero-order valence-electron chi connectivity index (χ0n) is 13.4. The summed E-state index contributed by atoms with van der Waals surface area (Å²) >= 11 is 1.20. The van der Waals surface area contributed by atoms with Gasteiger partial charge in [-0.15, -0.1) is 10.2 Å². The van der Waals surface area contributed by atoms with Crippen LogP contribution in [0.15, 0.2) is 29.4 Å². The minimum absolute atomic E-state index is 0.0892. The lowest BCUT2D eigenvalue weighted by Crippen LogP contribution is -2.17. The van der Waals surface area contributed by atoms with Crippen molar-refractivity contribution in [2.24, 2.45) is 0 Å². The van der Waals surface area contributed by atoms with Crippen LogP contribution in [0.25, 0.3) is 11.4 Å². The van der Waals surface area contributed by atoms with Crippen LogP contribution in [0.4, 0.5) is 0 Å². The third-order valence-electron chi connectivity index (χ3n) is 3.24. The van der Waals surface area contributed by atoms with E-state index >= 15 is 0 Å². The Hall–Kier alpha value is -2.22. The Kier molecular flexibility index (Phi) is 5.86. The second-order valence-corrected chi connectivity index (χ2v) is 5.84. The molecule has 124 valence electrons. The normalized spacial score (nSPS) is 12.0. The molecular weight excluding hydrogens is 316 g/mol. The Morgan fingerprint density at radius 1 is 1.35 bits per heavy atom. The molecule has 0 radical (unpaired) electrons.